The molecule has 15 heavy (non-hydrogen) atoms. The van der Waals surface area contributed by atoms with Crippen LogP contribution in [0.15, 0.2) is 29.2 Å². The third-order valence-electron chi connectivity index (χ3n) is 1.89. The largest absolute Gasteiger partial charge is 0.303 e. The Morgan fingerprint density at radius 3 is 2.87 bits per heavy atom. The third-order valence-corrected chi connectivity index (χ3v) is 3.04. The summed E-state index contributed by atoms with van der Waals surface area (Å²) in [7, 11) is 0. The molecule has 1 aromatic carbocycles. The van der Waals surface area contributed by atoms with Crippen molar-refractivity contribution in [2.24, 2.45) is 0 Å². The Labute approximate surface area is 94.5 Å². The van der Waals surface area contributed by atoms with Crippen LogP contribution >= 0.6 is 11.8 Å². The van der Waals surface area contributed by atoms with E-state index in [2.05, 4.69) is 11.2 Å². The normalized spacial score (nSPS) is 12.1. The molecule has 1 N–H and O–H groups in total. The van der Waals surface area contributed by atoms with Crippen molar-refractivity contribution in [3.63, 3.8) is 0 Å². The molecular formula is C12H14FNS. The molecule has 0 saturated carbocycles. The van der Waals surface area contributed by atoms with Crippen LogP contribution in [-0.2, 0) is 0 Å². The lowest BCUT2D eigenvalue weighted by Gasteiger charge is -2.10. The standard InChI is InChI=1S/C12H14FNS/c1-3-10(14-4-2)9-15-12-8-6-5-7-11(12)13/h1,5-8,10,14H,4,9H2,2H3. The van der Waals surface area contributed by atoms with Gasteiger partial charge in [-0.1, -0.05) is 25.0 Å². The van der Waals surface area contributed by atoms with E-state index in [1.165, 1.54) is 17.8 Å². The molecule has 0 fully saturated rings. The van der Waals surface area contributed by atoms with Crippen molar-refractivity contribution in [2.45, 2.75) is 17.9 Å². The SMILES string of the molecule is C#CC(CSc1ccccc1F)NCC. The first-order chi connectivity index (χ1) is 7.27. The van der Waals surface area contributed by atoms with Crippen LogP contribution in [0.25, 0.3) is 0 Å². The number of hydrogen-bond donors (Lipinski definition) is 1. The number of terminal acetylenes is 1. The molecule has 80 valence electrons. The summed E-state index contributed by atoms with van der Waals surface area (Å²) in [6, 6.07) is 6.73. The highest BCUT2D eigenvalue weighted by atomic mass is 32.2. The molecule has 0 aliphatic heterocycles. The molecule has 0 spiro atoms. The van der Waals surface area contributed by atoms with Crippen LogP contribution in [-0.4, -0.2) is 18.3 Å². The second-order valence-electron chi connectivity index (χ2n) is 3.02. The first kappa shape index (κ1) is 12.1. The molecule has 1 atom stereocenters. The van der Waals surface area contributed by atoms with Crippen LogP contribution in [0.5, 0.6) is 0 Å². The summed E-state index contributed by atoms with van der Waals surface area (Å²) in [5.41, 5.74) is 0. The van der Waals surface area contributed by atoms with E-state index in [4.69, 9.17) is 6.42 Å². The fourth-order valence-corrected chi connectivity index (χ4v) is 2.09. The zero-order valence-electron chi connectivity index (χ0n) is 8.66. The lowest BCUT2D eigenvalue weighted by molar-refractivity contribution is 0.601. The van der Waals surface area contributed by atoms with Gasteiger partial charge in [0.25, 0.3) is 0 Å². The Morgan fingerprint density at radius 2 is 2.27 bits per heavy atom. The molecule has 0 bridgehead atoms. The molecule has 0 radical (unpaired) electrons. The molecule has 0 saturated heterocycles. The van der Waals surface area contributed by atoms with Gasteiger partial charge >= 0.3 is 0 Å². The number of nitrogens with one attached hydrogen (secondary N) is 1. The monoisotopic (exact) mass is 223 g/mol. The quantitative estimate of drug-likeness (QED) is 0.608. The number of thioether (sulfide) groups is 1. The smallest absolute Gasteiger partial charge is 0.136 e. The van der Waals surface area contributed by atoms with Crippen LogP contribution in [0.1, 0.15) is 6.92 Å². The number of benzene rings is 1. The highest BCUT2D eigenvalue weighted by Crippen LogP contribution is 2.21. The molecule has 1 rings (SSSR count). The van der Waals surface area contributed by atoms with Gasteiger partial charge in [0, 0.05) is 10.6 Å². The fraction of sp³-hybridized carbons (Fsp3) is 0.333. The van der Waals surface area contributed by atoms with Gasteiger partial charge in [0.2, 0.25) is 0 Å². The Kier molecular flexibility index (Phi) is 5.23. The summed E-state index contributed by atoms with van der Waals surface area (Å²) in [5, 5.41) is 3.14. The summed E-state index contributed by atoms with van der Waals surface area (Å²) in [6.07, 6.45) is 5.34. The minimum Gasteiger partial charge on any atom is -0.303 e. The van der Waals surface area contributed by atoms with E-state index in [-0.39, 0.29) is 11.9 Å². The Hall–Kier alpha value is -0.980. The van der Waals surface area contributed by atoms with Crippen molar-refractivity contribution >= 4 is 11.8 Å². The first-order valence-corrected chi connectivity index (χ1v) is 5.83. The van der Waals surface area contributed by atoms with E-state index >= 15 is 0 Å². The summed E-state index contributed by atoms with van der Waals surface area (Å²) < 4.78 is 13.2. The number of hydrogen-bond acceptors (Lipinski definition) is 2. The van der Waals surface area contributed by atoms with E-state index in [9.17, 15) is 4.39 Å². The van der Waals surface area contributed by atoms with E-state index < -0.39 is 0 Å². The van der Waals surface area contributed by atoms with Gasteiger partial charge in [0.1, 0.15) is 5.82 Å². The number of rotatable bonds is 5. The maximum absolute atomic E-state index is 13.2. The fourth-order valence-electron chi connectivity index (χ4n) is 1.15. The lowest BCUT2D eigenvalue weighted by Crippen LogP contribution is -2.29. The second kappa shape index (κ2) is 6.49. The summed E-state index contributed by atoms with van der Waals surface area (Å²) in [4.78, 5) is 0.649. The lowest BCUT2D eigenvalue weighted by atomic mass is 10.3. The topological polar surface area (TPSA) is 12.0 Å². The van der Waals surface area contributed by atoms with Crippen LogP contribution < -0.4 is 5.32 Å². The van der Waals surface area contributed by atoms with Gasteiger partial charge < -0.3 is 5.32 Å². The molecular weight excluding hydrogens is 209 g/mol. The van der Waals surface area contributed by atoms with Gasteiger partial charge in [-0.3, -0.25) is 0 Å². The molecule has 1 unspecified atom stereocenters. The van der Waals surface area contributed by atoms with E-state index in [1.807, 2.05) is 13.0 Å². The molecule has 1 aromatic rings. The van der Waals surface area contributed by atoms with Gasteiger partial charge in [0.15, 0.2) is 0 Å². The van der Waals surface area contributed by atoms with Crippen LogP contribution in [0.3, 0.4) is 0 Å². The molecule has 0 amide bonds. The summed E-state index contributed by atoms with van der Waals surface area (Å²) in [6.45, 7) is 2.82. The molecule has 0 aliphatic rings. The highest BCUT2D eigenvalue weighted by molar-refractivity contribution is 7.99. The third kappa shape index (κ3) is 3.94. The summed E-state index contributed by atoms with van der Waals surface area (Å²) in [5.74, 6) is 3.14. The van der Waals surface area contributed by atoms with Gasteiger partial charge in [-0.05, 0) is 18.7 Å². The summed E-state index contributed by atoms with van der Waals surface area (Å²) >= 11 is 1.44. The van der Waals surface area contributed by atoms with Crippen LogP contribution in [0, 0.1) is 18.2 Å². The molecule has 0 aliphatic carbocycles. The van der Waals surface area contributed by atoms with Crippen LogP contribution in [0.4, 0.5) is 4.39 Å². The Morgan fingerprint density at radius 1 is 1.53 bits per heavy atom. The predicted molar refractivity (Wildman–Crippen MR) is 63.4 cm³/mol. The highest BCUT2D eigenvalue weighted by Gasteiger charge is 2.06. The van der Waals surface area contributed by atoms with E-state index in [0.717, 1.165) is 6.54 Å². The minimum absolute atomic E-state index is 0.000365. The van der Waals surface area contributed by atoms with Crippen molar-refractivity contribution in [3.8, 4) is 12.3 Å². The van der Waals surface area contributed by atoms with Gasteiger partial charge in [-0.2, -0.15) is 0 Å². The Balaban J connectivity index is 2.50. The average Bonchev–Trinajstić information content (AvgIpc) is 2.26. The predicted octanol–water partition coefficient (Wildman–Crippen LogP) is 2.53. The molecule has 0 heterocycles. The zero-order chi connectivity index (χ0) is 11.1. The van der Waals surface area contributed by atoms with Crippen molar-refractivity contribution in [1.82, 2.24) is 5.32 Å². The van der Waals surface area contributed by atoms with E-state index in [0.29, 0.717) is 10.6 Å². The second-order valence-corrected chi connectivity index (χ2v) is 4.08. The maximum Gasteiger partial charge on any atom is 0.136 e. The van der Waals surface area contributed by atoms with Crippen LogP contribution in [0.2, 0.25) is 0 Å². The first-order valence-electron chi connectivity index (χ1n) is 4.84. The van der Waals surface area contributed by atoms with Crippen molar-refractivity contribution in [1.29, 1.82) is 0 Å². The van der Waals surface area contributed by atoms with Gasteiger partial charge in [0.05, 0.1) is 6.04 Å². The Bertz CT molecular complexity index is 346. The van der Waals surface area contributed by atoms with E-state index in [1.54, 1.807) is 12.1 Å². The van der Waals surface area contributed by atoms with Crippen molar-refractivity contribution < 1.29 is 4.39 Å². The number of halogens is 1. The molecule has 0 aromatic heterocycles. The maximum atomic E-state index is 13.2. The zero-order valence-corrected chi connectivity index (χ0v) is 9.48. The van der Waals surface area contributed by atoms with Gasteiger partial charge in [-0.25, -0.2) is 4.39 Å². The average molecular weight is 223 g/mol. The minimum atomic E-state index is -0.185. The molecule has 3 heteroatoms. The van der Waals surface area contributed by atoms with Crippen molar-refractivity contribution in [2.75, 3.05) is 12.3 Å². The van der Waals surface area contributed by atoms with Crippen molar-refractivity contribution in [3.05, 3.63) is 30.1 Å². The molecule has 1 nitrogen and oxygen atoms in total. The van der Waals surface area contributed by atoms with Gasteiger partial charge in [-0.15, -0.1) is 18.2 Å².